The molecule has 88 valence electrons. The monoisotopic (exact) mass is 232 g/mol. The second-order valence-electron chi connectivity index (χ2n) is 4.30. The maximum Gasteiger partial charge on any atom is 0.143 e. The molecule has 1 aliphatic rings. The average molecular weight is 232 g/mol. The number of rotatable bonds is 1. The van der Waals surface area contributed by atoms with Crippen LogP contribution in [0.1, 0.15) is 24.6 Å². The van der Waals surface area contributed by atoms with Gasteiger partial charge in [0.15, 0.2) is 0 Å². The molecule has 17 heavy (non-hydrogen) atoms. The second kappa shape index (κ2) is 3.96. The molecule has 2 aromatic rings. The molecular formula is C13H13FN2O. The van der Waals surface area contributed by atoms with Crippen LogP contribution in [0.5, 0.6) is 0 Å². The zero-order valence-electron chi connectivity index (χ0n) is 9.31. The van der Waals surface area contributed by atoms with Crippen LogP contribution in [0.4, 0.5) is 4.39 Å². The van der Waals surface area contributed by atoms with E-state index in [1.54, 1.807) is 24.4 Å². The number of aliphatic hydroxyl groups excluding tert-OH is 1. The summed E-state index contributed by atoms with van der Waals surface area (Å²) in [7, 11) is 0. The van der Waals surface area contributed by atoms with Gasteiger partial charge in [0.25, 0.3) is 0 Å². The molecule has 0 fully saturated rings. The van der Waals surface area contributed by atoms with Crippen molar-refractivity contribution in [2.24, 2.45) is 0 Å². The zero-order valence-corrected chi connectivity index (χ0v) is 9.31. The highest BCUT2D eigenvalue weighted by molar-refractivity contribution is 5.57. The molecule has 0 bridgehead atoms. The van der Waals surface area contributed by atoms with Crippen molar-refractivity contribution in [3.63, 3.8) is 0 Å². The van der Waals surface area contributed by atoms with E-state index in [-0.39, 0.29) is 5.82 Å². The third-order valence-electron chi connectivity index (χ3n) is 3.20. The van der Waals surface area contributed by atoms with Crippen molar-refractivity contribution in [2.75, 3.05) is 0 Å². The topological polar surface area (TPSA) is 38.0 Å². The third kappa shape index (κ3) is 1.65. The molecule has 1 unspecified atom stereocenters. The number of imidazole rings is 1. The Labute approximate surface area is 98.5 Å². The van der Waals surface area contributed by atoms with Crippen LogP contribution in [0, 0.1) is 5.82 Å². The Morgan fingerprint density at radius 1 is 1.35 bits per heavy atom. The van der Waals surface area contributed by atoms with E-state index in [2.05, 4.69) is 4.98 Å². The van der Waals surface area contributed by atoms with Crippen LogP contribution >= 0.6 is 0 Å². The number of hydrogen-bond donors (Lipinski definition) is 1. The minimum atomic E-state index is -0.475. The molecule has 4 heteroatoms. The van der Waals surface area contributed by atoms with Crippen molar-refractivity contribution in [1.29, 1.82) is 0 Å². The van der Waals surface area contributed by atoms with Gasteiger partial charge in [-0.05, 0) is 25.0 Å². The number of fused-ring (bicyclic) bond motifs is 1. The van der Waals surface area contributed by atoms with Crippen LogP contribution < -0.4 is 0 Å². The Hall–Kier alpha value is -1.68. The molecule has 0 radical (unpaired) electrons. The van der Waals surface area contributed by atoms with Crippen LogP contribution in [0.25, 0.3) is 11.4 Å². The quantitative estimate of drug-likeness (QED) is 0.820. The number of aromatic nitrogens is 2. The standard InChI is InChI=1S/C13H13FN2O/c14-10-5-2-1-4-9(10)13-15-8-11-12(17)6-3-7-16(11)13/h1-2,4-5,8,12,17H,3,6-7H2. The fourth-order valence-corrected chi connectivity index (χ4v) is 2.34. The fraction of sp³-hybridized carbons (Fsp3) is 0.308. The molecule has 0 aliphatic carbocycles. The first kappa shape index (κ1) is 10.5. The van der Waals surface area contributed by atoms with Gasteiger partial charge in [-0.15, -0.1) is 0 Å². The molecule has 1 aromatic carbocycles. The SMILES string of the molecule is OC1CCCn2c1cnc2-c1ccccc1F. The predicted molar refractivity (Wildman–Crippen MR) is 61.8 cm³/mol. The van der Waals surface area contributed by atoms with Gasteiger partial charge >= 0.3 is 0 Å². The Morgan fingerprint density at radius 2 is 2.18 bits per heavy atom. The van der Waals surface area contributed by atoms with Crippen LogP contribution in [0.3, 0.4) is 0 Å². The Balaban J connectivity index is 2.14. The van der Waals surface area contributed by atoms with E-state index in [1.807, 2.05) is 4.57 Å². The molecule has 3 rings (SSSR count). The molecule has 0 saturated carbocycles. The summed E-state index contributed by atoms with van der Waals surface area (Å²) in [6.45, 7) is 0.788. The first-order valence-corrected chi connectivity index (χ1v) is 5.76. The third-order valence-corrected chi connectivity index (χ3v) is 3.20. The van der Waals surface area contributed by atoms with Gasteiger partial charge < -0.3 is 9.67 Å². The van der Waals surface area contributed by atoms with Gasteiger partial charge in [0, 0.05) is 6.54 Å². The van der Waals surface area contributed by atoms with Crippen molar-refractivity contribution in [3.8, 4) is 11.4 Å². The van der Waals surface area contributed by atoms with Crippen molar-refractivity contribution >= 4 is 0 Å². The van der Waals surface area contributed by atoms with Crippen LogP contribution in [0.15, 0.2) is 30.5 Å². The minimum absolute atomic E-state index is 0.277. The summed E-state index contributed by atoms with van der Waals surface area (Å²) in [6, 6.07) is 6.59. The van der Waals surface area contributed by atoms with Gasteiger partial charge in [0.05, 0.1) is 23.6 Å². The fourth-order valence-electron chi connectivity index (χ4n) is 2.34. The zero-order chi connectivity index (χ0) is 11.8. The number of hydrogen-bond acceptors (Lipinski definition) is 2. The summed E-state index contributed by atoms with van der Waals surface area (Å²) in [5.74, 6) is 0.331. The smallest absolute Gasteiger partial charge is 0.143 e. The lowest BCUT2D eigenvalue weighted by atomic mass is 10.1. The summed E-state index contributed by atoms with van der Waals surface area (Å²) >= 11 is 0. The maximum atomic E-state index is 13.7. The lowest BCUT2D eigenvalue weighted by Crippen LogP contribution is -2.15. The molecule has 1 aliphatic heterocycles. The molecular weight excluding hydrogens is 219 g/mol. The van der Waals surface area contributed by atoms with Gasteiger partial charge in [-0.25, -0.2) is 9.37 Å². The Morgan fingerprint density at radius 3 is 3.00 bits per heavy atom. The van der Waals surface area contributed by atoms with Crippen molar-refractivity contribution in [2.45, 2.75) is 25.5 Å². The molecule has 0 spiro atoms. The second-order valence-corrected chi connectivity index (χ2v) is 4.30. The summed E-state index contributed by atoms with van der Waals surface area (Å²) in [5, 5.41) is 9.84. The number of nitrogens with zero attached hydrogens (tertiary/aromatic N) is 2. The van der Waals surface area contributed by atoms with E-state index in [1.165, 1.54) is 6.07 Å². The van der Waals surface area contributed by atoms with Gasteiger partial charge in [0.1, 0.15) is 11.6 Å². The lowest BCUT2D eigenvalue weighted by molar-refractivity contribution is 0.139. The Kier molecular flexibility index (Phi) is 2.44. The van der Waals surface area contributed by atoms with Crippen molar-refractivity contribution in [3.05, 3.63) is 42.0 Å². The van der Waals surface area contributed by atoms with Crippen LogP contribution in [0.2, 0.25) is 0 Å². The minimum Gasteiger partial charge on any atom is -0.387 e. The maximum absolute atomic E-state index is 13.7. The van der Waals surface area contributed by atoms with E-state index in [0.29, 0.717) is 11.4 Å². The number of benzene rings is 1. The van der Waals surface area contributed by atoms with E-state index in [0.717, 1.165) is 25.1 Å². The highest BCUT2D eigenvalue weighted by Crippen LogP contribution is 2.30. The number of aliphatic hydroxyl groups is 1. The van der Waals surface area contributed by atoms with Crippen LogP contribution in [-0.2, 0) is 6.54 Å². The van der Waals surface area contributed by atoms with Crippen molar-refractivity contribution < 1.29 is 9.50 Å². The molecule has 3 nitrogen and oxygen atoms in total. The normalized spacial score (nSPS) is 19.1. The largest absolute Gasteiger partial charge is 0.387 e. The molecule has 0 saturated heterocycles. The van der Waals surface area contributed by atoms with E-state index in [4.69, 9.17) is 0 Å². The summed E-state index contributed by atoms with van der Waals surface area (Å²) in [4.78, 5) is 4.24. The molecule has 2 heterocycles. The predicted octanol–water partition coefficient (Wildman–Crippen LogP) is 2.52. The summed E-state index contributed by atoms with van der Waals surface area (Å²) in [5.41, 5.74) is 1.28. The van der Waals surface area contributed by atoms with E-state index >= 15 is 0 Å². The highest BCUT2D eigenvalue weighted by Gasteiger charge is 2.22. The summed E-state index contributed by atoms with van der Waals surface area (Å²) < 4.78 is 15.6. The highest BCUT2D eigenvalue weighted by atomic mass is 19.1. The first-order valence-electron chi connectivity index (χ1n) is 5.76. The van der Waals surface area contributed by atoms with Gasteiger partial charge in [-0.3, -0.25) is 0 Å². The molecule has 1 aromatic heterocycles. The van der Waals surface area contributed by atoms with Crippen LogP contribution in [-0.4, -0.2) is 14.7 Å². The summed E-state index contributed by atoms with van der Waals surface area (Å²) in [6.07, 6.45) is 2.82. The molecule has 0 amide bonds. The van der Waals surface area contributed by atoms with E-state index in [9.17, 15) is 9.50 Å². The van der Waals surface area contributed by atoms with Crippen molar-refractivity contribution in [1.82, 2.24) is 9.55 Å². The molecule has 1 N–H and O–H groups in total. The lowest BCUT2D eigenvalue weighted by Gasteiger charge is -2.21. The average Bonchev–Trinajstić information content (AvgIpc) is 2.75. The van der Waals surface area contributed by atoms with Gasteiger partial charge in [-0.2, -0.15) is 0 Å². The number of halogens is 1. The first-order chi connectivity index (χ1) is 8.27. The van der Waals surface area contributed by atoms with E-state index < -0.39 is 6.10 Å². The Bertz CT molecular complexity index is 550. The molecule has 1 atom stereocenters. The van der Waals surface area contributed by atoms with Gasteiger partial charge in [0.2, 0.25) is 0 Å². The van der Waals surface area contributed by atoms with Gasteiger partial charge in [-0.1, -0.05) is 12.1 Å².